The molecule has 1 aliphatic heterocycles. The maximum atomic E-state index is 14.9. The summed E-state index contributed by atoms with van der Waals surface area (Å²) in [5, 5.41) is 13.9. The van der Waals surface area contributed by atoms with E-state index in [4.69, 9.17) is 9.29 Å². The number of nitriles is 1. The lowest BCUT2D eigenvalue weighted by Crippen LogP contribution is -2.52. The molecule has 2 bridgehead atoms. The predicted molar refractivity (Wildman–Crippen MR) is 187 cm³/mol. The Kier molecular flexibility index (Phi) is 9.20. The Morgan fingerprint density at radius 1 is 1.08 bits per heavy atom. The molecule has 0 saturated heterocycles. The van der Waals surface area contributed by atoms with Crippen molar-refractivity contribution in [2.75, 3.05) is 17.8 Å². The lowest BCUT2D eigenvalue weighted by atomic mass is 9.70. The number of hydrogen-bond acceptors (Lipinski definition) is 8. The third kappa shape index (κ3) is 6.12. The topological polar surface area (TPSA) is 167 Å². The van der Waals surface area contributed by atoms with E-state index >= 15 is 0 Å². The van der Waals surface area contributed by atoms with Gasteiger partial charge >= 0.3 is 0 Å². The number of carbonyl (C=O) groups is 3. The Balaban J connectivity index is 0.000000249. The number of nitrogens with zero attached hydrogens (tertiary/aromatic N) is 3. The smallest absolute Gasteiger partial charge is 0.271 e. The van der Waals surface area contributed by atoms with Crippen molar-refractivity contribution in [1.82, 2.24) is 10.3 Å². The first-order valence-corrected chi connectivity index (χ1v) is 18.1. The minimum absolute atomic E-state index is 0.00800. The van der Waals surface area contributed by atoms with Gasteiger partial charge in [0.1, 0.15) is 28.6 Å². The second-order valence-corrected chi connectivity index (χ2v) is 15.3. The maximum Gasteiger partial charge on any atom is 0.271 e. The molecule has 3 aliphatic rings. The molecule has 3 aromatic carbocycles. The fourth-order valence-corrected chi connectivity index (χ4v) is 9.33. The number of ketones is 1. The van der Waals surface area contributed by atoms with Gasteiger partial charge in [0.2, 0.25) is 0 Å². The number of anilines is 2. The van der Waals surface area contributed by atoms with Crippen molar-refractivity contribution in [3.05, 3.63) is 96.1 Å². The molecule has 2 unspecified atom stereocenters. The van der Waals surface area contributed by atoms with E-state index in [9.17, 15) is 32.5 Å². The van der Waals surface area contributed by atoms with Crippen molar-refractivity contribution in [2.45, 2.75) is 51.5 Å². The van der Waals surface area contributed by atoms with Gasteiger partial charge in [0, 0.05) is 36.1 Å². The lowest BCUT2D eigenvalue weighted by Gasteiger charge is -2.35. The summed E-state index contributed by atoms with van der Waals surface area (Å²) in [6, 6.07) is 22.0. The van der Waals surface area contributed by atoms with Gasteiger partial charge in [0.25, 0.3) is 21.9 Å². The number of hydrogen-bond donors (Lipinski definition) is 2. The first-order chi connectivity index (χ1) is 24.2. The fraction of sp³-hybridized carbons (Fsp3) is 0.342. The van der Waals surface area contributed by atoms with E-state index in [-0.39, 0.29) is 41.3 Å². The van der Waals surface area contributed by atoms with Crippen LogP contribution in [0.15, 0.2) is 79.0 Å². The molecular formula is C38H37FN4O7S. The average Bonchev–Trinajstić information content (AvgIpc) is 3.55. The van der Waals surface area contributed by atoms with E-state index in [0.717, 1.165) is 17.2 Å². The third-order valence-corrected chi connectivity index (χ3v) is 11.8. The van der Waals surface area contributed by atoms with E-state index in [1.54, 1.807) is 36.5 Å². The zero-order chi connectivity index (χ0) is 36.8. The quantitative estimate of drug-likeness (QED) is 0.201. The Morgan fingerprint density at radius 3 is 2.41 bits per heavy atom. The van der Waals surface area contributed by atoms with E-state index in [1.807, 2.05) is 38.1 Å². The first kappa shape index (κ1) is 35.6. The van der Waals surface area contributed by atoms with Crippen molar-refractivity contribution in [3.8, 4) is 11.8 Å². The van der Waals surface area contributed by atoms with E-state index in [1.165, 1.54) is 30.2 Å². The molecule has 51 heavy (non-hydrogen) atoms. The Bertz CT molecular complexity index is 2220. The van der Waals surface area contributed by atoms with Gasteiger partial charge in [-0.1, -0.05) is 56.3 Å². The molecule has 2 saturated carbocycles. The molecule has 3 atom stereocenters. The number of methoxy groups -OCH3 is 1. The Labute approximate surface area is 295 Å². The van der Waals surface area contributed by atoms with Gasteiger partial charge in [-0.3, -0.25) is 28.8 Å². The van der Waals surface area contributed by atoms with Gasteiger partial charge in [-0.25, -0.2) is 4.39 Å². The minimum atomic E-state index is -4.08. The van der Waals surface area contributed by atoms with Crippen molar-refractivity contribution in [1.29, 1.82) is 5.26 Å². The highest BCUT2D eigenvalue weighted by Crippen LogP contribution is 2.64. The van der Waals surface area contributed by atoms with Gasteiger partial charge in [0.15, 0.2) is 0 Å². The van der Waals surface area contributed by atoms with E-state index in [0.29, 0.717) is 29.8 Å². The monoisotopic (exact) mass is 712 g/mol. The number of carbonyl (C=O) groups excluding carboxylic acids is 3. The van der Waals surface area contributed by atoms with Crippen LogP contribution < -0.4 is 15.0 Å². The maximum absolute atomic E-state index is 14.9. The van der Waals surface area contributed by atoms with Crippen molar-refractivity contribution in [3.63, 3.8) is 0 Å². The number of Topliss-reactive ketones (excluding diaryl/α,β-unsaturated/α-hetero) is 1. The van der Waals surface area contributed by atoms with Gasteiger partial charge in [-0.15, -0.1) is 0 Å². The summed E-state index contributed by atoms with van der Waals surface area (Å²) in [6.07, 6.45) is 3.53. The van der Waals surface area contributed by atoms with Crippen LogP contribution in [-0.4, -0.2) is 48.4 Å². The van der Waals surface area contributed by atoms with Crippen LogP contribution >= 0.6 is 0 Å². The second kappa shape index (κ2) is 13.2. The molecule has 11 nitrogen and oxygen atoms in total. The number of ether oxygens (including phenoxy) is 1. The lowest BCUT2D eigenvalue weighted by molar-refractivity contribution is -0.128. The Morgan fingerprint density at radius 2 is 1.78 bits per heavy atom. The van der Waals surface area contributed by atoms with Crippen LogP contribution in [0.4, 0.5) is 15.8 Å². The number of nitrogens with one attached hydrogen (secondary N) is 1. The molecular weight excluding hydrogens is 676 g/mol. The Hall–Kier alpha value is -5.19. The van der Waals surface area contributed by atoms with Gasteiger partial charge in [-0.2, -0.15) is 13.7 Å². The predicted octanol–water partition coefficient (Wildman–Crippen LogP) is 6.26. The number of rotatable bonds is 8. The molecule has 2 aliphatic carbocycles. The number of fused-ring (bicyclic) bond motifs is 4. The number of aromatic nitrogens is 1. The number of pyridine rings is 1. The van der Waals surface area contributed by atoms with Crippen LogP contribution in [0.2, 0.25) is 0 Å². The summed E-state index contributed by atoms with van der Waals surface area (Å²) in [5.74, 6) is -1.39. The standard InChI is InChI=1S/C28H21FN4O3.C10H16O4S/c1-36-20-11-12-21-25(16-20)33(24-10-5-4-9-22(24)29)27(35)28(21,13-6-14-30)32-26(34)23-15-18-7-2-3-8-19(18)17-31-23;1-9(2)7-3-4-10(9,8(11)5-7)6-15(12,13)14/h2-5,7-12,15-17H,6,13H2,1H3,(H,32,34);7H,3-6H2,1-2H3,(H,12,13,14)/t28-;/m0./s1. The van der Waals surface area contributed by atoms with Crippen molar-refractivity contribution < 1.29 is 36.5 Å². The number of halogens is 1. The summed E-state index contributed by atoms with van der Waals surface area (Å²) in [5.41, 5.74) is -1.75. The average molecular weight is 713 g/mol. The summed E-state index contributed by atoms with van der Waals surface area (Å²) in [4.78, 5) is 45.0. The van der Waals surface area contributed by atoms with Gasteiger partial charge < -0.3 is 10.1 Å². The van der Waals surface area contributed by atoms with Crippen molar-refractivity contribution in [2.24, 2.45) is 16.7 Å². The van der Waals surface area contributed by atoms with Crippen LogP contribution in [0, 0.1) is 33.9 Å². The molecule has 7 rings (SSSR count). The highest BCUT2D eigenvalue weighted by atomic mass is 32.2. The molecule has 4 aromatic rings. The molecule has 2 heterocycles. The third-order valence-electron chi connectivity index (χ3n) is 10.9. The number of para-hydroxylation sites is 1. The fourth-order valence-electron chi connectivity index (χ4n) is 8.03. The SMILES string of the molecule is CC1(C)C2CCC1(CS(=O)(=O)O)C(=O)C2.COc1ccc2c(c1)N(c1ccccc1F)C(=O)[C@@]2(CCC#N)NC(=O)c1cc2ccccc2cn1. The van der Waals surface area contributed by atoms with Crippen LogP contribution in [0.5, 0.6) is 5.75 Å². The zero-order valence-electron chi connectivity index (χ0n) is 28.4. The summed E-state index contributed by atoms with van der Waals surface area (Å²) < 4.78 is 51.2. The van der Waals surface area contributed by atoms with Crippen LogP contribution in [0.3, 0.4) is 0 Å². The van der Waals surface area contributed by atoms with Gasteiger partial charge in [-0.05, 0) is 60.2 Å². The van der Waals surface area contributed by atoms with Crippen LogP contribution in [-0.2, 0) is 25.2 Å². The van der Waals surface area contributed by atoms with Crippen molar-refractivity contribution >= 4 is 49.9 Å². The second-order valence-electron chi connectivity index (χ2n) is 13.8. The minimum Gasteiger partial charge on any atom is -0.497 e. The van der Waals surface area contributed by atoms with E-state index in [2.05, 4.69) is 16.4 Å². The summed E-state index contributed by atoms with van der Waals surface area (Å²) >= 11 is 0. The van der Waals surface area contributed by atoms with Gasteiger partial charge in [0.05, 0.1) is 35.7 Å². The molecule has 2 N–H and O–H groups in total. The largest absolute Gasteiger partial charge is 0.497 e. The number of benzene rings is 3. The van der Waals surface area contributed by atoms with E-state index < -0.39 is 44.5 Å². The molecule has 0 spiro atoms. The molecule has 1 aromatic heterocycles. The molecule has 2 fully saturated rings. The number of amides is 2. The first-order valence-electron chi connectivity index (χ1n) is 16.5. The summed E-state index contributed by atoms with van der Waals surface area (Å²) in [6.45, 7) is 3.89. The molecule has 0 radical (unpaired) electrons. The highest BCUT2D eigenvalue weighted by molar-refractivity contribution is 7.85. The normalized spacial score (nSPS) is 23.0. The molecule has 264 valence electrons. The van der Waals surface area contributed by atoms with Crippen LogP contribution in [0.25, 0.3) is 10.8 Å². The molecule has 2 amide bonds. The zero-order valence-corrected chi connectivity index (χ0v) is 29.2. The van der Waals surface area contributed by atoms with Crippen LogP contribution in [0.1, 0.15) is 62.0 Å². The summed E-state index contributed by atoms with van der Waals surface area (Å²) in [7, 11) is -2.59. The highest BCUT2D eigenvalue weighted by Gasteiger charge is 2.65. The molecule has 13 heteroatoms.